The van der Waals surface area contributed by atoms with Crippen molar-refractivity contribution in [3.63, 3.8) is 0 Å². The summed E-state index contributed by atoms with van der Waals surface area (Å²) in [6, 6.07) is 0. The maximum absolute atomic E-state index is 4.46. The highest BCUT2D eigenvalue weighted by Crippen LogP contribution is 2.22. The van der Waals surface area contributed by atoms with Gasteiger partial charge in [0, 0.05) is 13.2 Å². The number of hydrogen-bond donors (Lipinski definition) is 0. The minimum Gasteiger partial charge on any atom is -0.269 e. The van der Waals surface area contributed by atoms with Crippen molar-refractivity contribution in [1.82, 2.24) is 19.6 Å². The second kappa shape index (κ2) is 4.87. The quantitative estimate of drug-likeness (QED) is 0.750. The van der Waals surface area contributed by atoms with Gasteiger partial charge < -0.3 is 0 Å². The van der Waals surface area contributed by atoms with Crippen LogP contribution < -0.4 is 0 Å². The molecule has 0 bridgehead atoms. The van der Waals surface area contributed by atoms with Gasteiger partial charge in [0.15, 0.2) is 0 Å². The van der Waals surface area contributed by atoms with Gasteiger partial charge in [-0.15, -0.1) is 0 Å². The monoisotopic (exact) mass is 394 g/mol. The summed E-state index contributed by atoms with van der Waals surface area (Å²) >= 11 is 5.86. The lowest BCUT2D eigenvalue weighted by molar-refractivity contribution is 0.616. The normalized spacial score (nSPS) is 11.0. The fourth-order valence-corrected chi connectivity index (χ4v) is 2.76. The first kappa shape index (κ1) is 12.1. The molecule has 0 aliphatic rings. The van der Waals surface area contributed by atoms with Crippen LogP contribution in [0.1, 0.15) is 18.3 Å². The number of aryl methyl sites for hydroxylation is 2. The Balaban J connectivity index is 2.30. The van der Waals surface area contributed by atoms with E-state index in [2.05, 4.69) is 55.6 Å². The average molecular weight is 395 g/mol. The van der Waals surface area contributed by atoms with Crippen molar-refractivity contribution in [3.8, 4) is 0 Å². The van der Waals surface area contributed by atoms with E-state index in [1.807, 2.05) is 28.8 Å². The van der Waals surface area contributed by atoms with Gasteiger partial charge in [-0.3, -0.25) is 9.36 Å². The summed E-state index contributed by atoms with van der Waals surface area (Å²) in [6.07, 6.45) is 4.81. The van der Waals surface area contributed by atoms with Gasteiger partial charge in [-0.2, -0.15) is 10.2 Å². The summed E-state index contributed by atoms with van der Waals surface area (Å²) in [6.45, 7) is 2.85. The molecule has 6 heteroatoms. The Morgan fingerprint density at radius 2 is 2.25 bits per heavy atom. The molecule has 0 spiro atoms. The topological polar surface area (TPSA) is 35.6 Å². The molecule has 2 heterocycles. The third-order valence-electron chi connectivity index (χ3n) is 2.42. The first-order valence-corrected chi connectivity index (χ1v) is 6.87. The molecule has 0 saturated heterocycles. The molecule has 0 N–H and O–H groups in total. The predicted molar refractivity (Wildman–Crippen MR) is 74.3 cm³/mol. The zero-order valence-corrected chi connectivity index (χ0v) is 12.9. The van der Waals surface area contributed by atoms with Gasteiger partial charge >= 0.3 is 0 Å². The van der Waals surface area contributed by atoms with Gasteiger partial charge in [-0.05, 0) is 44.9 Å². The summed E-state index contributed by atoms with van der Waals surface area (Å²) in [5, 5.41) is 8.73. The third kappa shape index (κ3) is 2.32. The van der Waals surface area contributed by atoms with E-state index in [1.165, 1.54) is 0 Å². The summed E-state index contributed by atoms with van der Waals surface area (Å²) in [5.74, 6) is 0. The van der Waals surface area contributed by atoms with Crippen LogP contribution in [0.4, 0.5) is 0 Å². The zero-order chi connectivity index (χ0) is 11.7. The van der Waals surface area contributed by atoms with Crippen molar-refractivity contribution in [2.24, 2.45) is 7.05 Å². The lowest BCUT2D eigenvalue weighted by atomic mass is 10.3. The van der Waals surface area contributed by atoms with Crippen molar-refractivity contribution in [1.29, 1.82) is 0 Å². The predicted octanol–water partition coefficient (Wildman–Crippen LogP) is 2.59. The number of nitrogens with zero attached hydrogens (tertiary/aromatic N) is 4. The molecule has 0 fully saturated rings. The number of hydrogen-bond acceptors (Lipinski definition) is 2. The highest BCUT2D eigenvalue weighted by Gasteiger charge is 2.12. The second-order valence-electron chi connectivity index (χ2n) is 3.54. The Morgan fingerprint density at radius 1 is 1.50 bits per heavy atom. The van der Waals surface area contributed by atoms with E-state index >= 15 is 0 Å². The van der Waals surface area contributed by atoms with Gasteiger partial charge in [-0.25, -0.2) is 0 Å². The van der Waals surface area contributed by atoms with Crippen LogP contribution in [-0.4, -0.2) is 19.6 Å². The molecular formula is C10H12BrIN4. The van der Waals surface area contributed by atoms with Gasteiger partial charge in [0.05, 0.1) is 32.2 Å². The first-order valence-electron chi connectivity index (χ1n) is 5.00. The van der Waals surface area contributed by atoms with Crippen LogP contribution >= 0.6 is 38.5 Å². The van der Waals surface area contributed by atoms with Crippen molar-refractivity contribution in [2.75, 3.05) is 0 Å². The van der Waals surface area contributed by atoms with Crippen LogP contribution in [0.25, 0.3) is 0 Å². The maximum atomic E-state index is 4.46. The highest BCUT2D eigenvalue weighted by atomic mass is 127. The van der Waals surface area contributed by atoms with Crippen molar-refractivity contribution in [2.45, 2.75) is 19.9 Å². The second-order valence-corrected chi connectivity index (χ2v) is 5.58. The zero-order valence-electron chi connectivity index (χ0n) is 9.11. The Kier molecular flexibility index (Phi) is 3.68. The molecule has 0 atom stereocenters. The minimum absolute atomic E-state index is 0.743. The van der Waals surface area contributed by atoms with E-state index < -0.39 is 0 Å². The Bertz CT molecular complexity index is 503. The van der Waals surface area contributed by atoms with Crippen molar-refractivity contribution >= 4 is 38.5 Å². The maximum Gasteiger partial charge on any atom is 0.0840 e. The summed E-state index contributed by atoms with van der Waals surface area (Å²) in [7, 11) is 1.97. The molecule has 0 aliphatic carbocycles. The fraction of sp³-hybridized carbons (Fsp3) is 0.400. The molecule has 4 nitrogen and oxygen atoms in total. The third-order valence-corrected chi connectivity index (χ3v) is 3.89. The lowest BCUT2D eigenvalue weighted by Crippen LogP contribution is -2.06. The van der Waals surface area contributed by atoms with Gasteiger partial charge in [0.2, 0.25) is 0 Å². The van der Waals surface area contributed by atoms with E-state index in [0.717, 1.165) is 32.4 Å². The molecule has 0 aliphatic heterocycles. The molecule has 0 saturated carbocycles. The smallest absolute Gasteiger partial charge is 0.0840 e. The first-order chi connectivity index (χ1) is 7.61. The van der Waals surface area contributed by atoms with Crippen LogP contribution in [0.5, 0.6) is 0 Å². The van der Waals surface area contributed by atoms with E-state index in [0.29, 0.717) is 0 Å². The van der Waals surface area contributed by atoms with Crippen LogP contribution in [-0.2, 0) is 20.0 Å². The van der Waals surface area contributed by atoms with Crippen LogP contribution in [0.15, 0.2) is 16.9 Å². The van der Waals surface area contributed by atoms with E-state index in [-0.39, 0.29) is 0 Å². The molecule has 0 unspecified atom stereocenters. The average Bonchev–Trinajstić information content (AvgIpc) is 2.77. The van der Waals surface area contributed by atoms with Gasteiger partial charge in [-0.1, -0.05) is 6.92 Å². The minimum atomic E-state index is 0.743. The van der Waals surface area contributed by atoms with Gasteiger partial charge in [0.25, 0.3) is 0 Å². The molecule has 86 valence electrons. The fourth-order valence-electron chi connectivity index (χ4n) is 1.57. The van der Waals surface area contributed by atoms with Crippen LogP contribution in [0.3, 0.4) is 0 Å². The molecular weight excluding hydrogens is 383 g/mol. The standard InChI is InChI=1S/C10H12BrIN4/c1-3-8-10(11)9(15(2)14-8)6-16-5-7(12)4-13-16/h4-5H,3,6H2,1-2H3. The molecule has 2 aromatic rings. The molecule has 2 rings (SSSR count). The van der Waals surface area contributed by atoms with E-state index in [9.17, 15) is 0 Å². The highest BCUT2D eigenvalue weighted by molar-refractivity contribution is 14.1. The Hall–Kier alpha value is -0.370. The van der Waals surface area contributed by atoms with E-state index in [4.69, 9.17) is 0 Å². The van der Waals surface area contributed by atoms with Crippen LogP contribution in [0, 0.1) is 3.57 Å². The van der Waals surface area contributed by atoms with Crippen molar-refractivity contribution < 1.29 is 0 Å². The van der Waals surface area contributed by atoms with Crippen molar-refractivity contribution in [3.05, 3.63) is 31.8 Å². The molecule has 0 radical (unpaired) electrons. The summed E-state index contributed by atoms with van der Waals surface area (Å²) in [4.78, 5) is 0. The molecule has 0 amide bonds. The lowest BCUT2D eigenvalue weighted by Gasteiger charge is -2.02. The Labute approximate surface area is 116 Å². The summed E-state index contributed by atoms with van der Waals surface area (Å²) < 4.78 is 6.08. The van der Waals surface area contributed by atoms with E-state index in [1.54, 1.807) is 0 Å². The Morgan fingerprint density at radius 3 is 2.75 bits per heavy atom. The summed E-state index contributed by atoms with van der Waals surface area (Å²) in [5.41, 5.74) is 2.25. The SMILES string of the molecule is CCc1nn(C)c(Cn2cc(I)cn2)c1Br. The largest absolute Gasteiger partial charge is 0.269 e. The molecule has 0 aromatic carbocycles. The van der Waals surface area contributed by atoms with Gasteiger partial charge in [0.1, 0.15) is 0 Å². The number of aromatic nitrogens is 4. The number of rotatable bonds is 3. The van der Waals surface area contributed by atoms with Crippen LogP contribution in [0.2, 0.25) is 0 Å². The number of halogens is 2. The molecule has 2 aromatic heterocycles. The molecule has 16 heavy (non-hydrogen) atoms.